The summed E-state index contributed by atoms with van der Waals surface area (Å²) in [6, 6.07) is 6.94. The molecule has 0 N–H and O–H groups in total. The van der Waals surface area contributed by atoms with Crippen molar-refractivity contribution in [2.24, 2.45) is 0 Å². The molecule has 0 atom stereocenters. The number of rotatable bonds is 8. The number of anilines is 1. The molecule has 2 fully saturated rings. The summed E-state index contributed by atoms with van der Waals surface area (Å²) in [4.78, 5) is -1.20. The van der Waals surface area contributed by atoms with Gasteiger partial charge in [-0.25, -0.2) is 25.9 Å². The first-order valence-corrected chi connectivity index (χ1v) is 15.4. The van der Waals surface area contributed by atoms with E-state index in [2.05, 4.69) is 0 Å². The van der Waals surface area contributed by atoms with E-state index in [1.807, 2.05) is 38.6 Å². The van der Waals surface area contributed by atoms with Gasteiger partial charge in [0.15, 0.2) is 10.7 Å². The van der Waals surface area contributed by atoms with Gasteiger partial charge >= 0.3 is 7.12 Å². The third-order valence-electron chi connectivity index (χ3n) is 8.43. The van der Waals surface area contributed by atoms with Crippen molar-refractivity contribution in [3.8, 4) is 11.3 Å². The number of hydrogen-bond acceptors (Lipinski definition) is 6. The molecule has 3 aromatic rings. The Labute approximate surface area is 245 Å². The van der Waals surface area contributed by atoms with Crippen LogP contribution in [0, 0.1) is 17.5 Å². The van der Waals surface area contributed by atoms with E-state index in [1.165, 1.54) is 25.3 Å². The van der Waals surface area contributed by atoms with Crippen LogP contribution in [0.25, 0.3) is 11.3 Å². The van der Waals surface area contributed by atoms with Gasteiger partial charge < -0.3 is 14.0 Å². The molecule has 2 aromatic carbocycles. The Morgan fingerprint density at radius 2 is 1.60 bits per heavy atom. The molecule has 0 radical (unpaired) electrons. The molecule has 42 heavy (non-hydrogen) atoms. The molecule has 1 saturated carbocycles. The summed E-state index contributed by atoms with van der Waals surface area (Å²) in [6.45, 7) is 6.95. The number of sulfonamides is 1. The molecule has 5 rings (SSSR count). The summed E-state index contributed by atoms with van der Waals surface area (Å²) in [5.41, 5.74) is -1.09. The first-order valence-electron chi connectivity index (χ1n) is 14.0. The Balaban J connectivity index is 1.65. The molecule has 1 aliphatic carbocycles. The zero-order valence-corrected chi connectivity index (χ0v) is 25.2. The van der Waals surface area contributed by atoms with Crippen LogP contribution >= 0.6 is 0 Å². The van der Waals surface area contributed by atoms with Gasteiger partial charge in [-0.1, -0.05) is 31.4 Å². The molecule has 1 aliphatic heterocycles. The summed E-state index contributed by atoms with van der Waals surface area (Å²) in [6.07, 6.45) is 6.88. The van der Waals surface area contributed by atoms with E-state index in [0.717, 1.165) is 50.3 Å². The average Bonchev–Trinajstić information content (AvgIpc) is 3.45. The Kier molecular flexibility index (Phi) is 8.25. The molecule has 0 bridgehead atoms. The SMILES string of the molecule is COCN(c1cccc(-c2nn(C3CCCCC3)cc2B2OC(C)(C)C(C)(C)O2)c1F)S(=O)(=O)c1c(F)cccc1F. The number of hydrogen-bond donors (Lipinski definition) is 0. The molecule has 2 heterocycles. The fraction of sp³-hybridized carbons (Fsp3) is 0.483. The highest BCUT2D eigenvalue weighted by atomic mass is 32.2. The Morgan fingerprint density at radius 1 is 1.00 bits per heavy atom. The molecular weight excluding hydrogens is 570 g/mol. The minimum absolute atomic E-state index is 0.0166. The maximum atomic E-state index is 16.5. The smallest absolute Gasteiger partial charge is 0.399 e. The Bertz CT molecular complexity index is 1540. The number of halogens is 3. The van der Waals surface area contributed by atoms with E-state index in [1.54, 1.807) is 0 Å². The average molecular weight is 605 g/mol. The van der Waals surface area contributed by atoms with Crippen LogP contribution in [0.4, 0.5) is 18.9 Å². The lowest BCUT2D eigenvalue weighted by molar-refractivity contribution is 0.00578. The second-order valence-corrected chi connectivity index (χ2v) is 13.6. The number of benzene rings is 2. The van der Waals surface area contributed by atoms with Gasteiger partial charge in [0, 0.05) is 24.3 Å². The predicted molar refractivity (Wildman–Crippen MR) is 153 cm³/mol. The Morgan fingerprint density at radius 3 is 2.19 bits per heavy atom. The summed E-state index contributed by atoms with van der Waals surface area (Å²) in [5, 5.41) is 4.80. The van der Waals surface area contributed by atoms with Crippen LogP contribution < -0.4 is 9.77 Å². The van der Waals surface area contributed by atoms with Crippen molar-refractivity contribution in [2.75, 3.05) is 18.1 Å². The monoisotopic (exact) mass is 605 g/mol. The third-order valence-corrected chi connectivity index (χ3v) is 10.2. The zero-order chi connectivity index (χ0) is 30.4. The van der Waals surface area contributed by atoms with Gasteiger partial charge in [0.1, 0.15) is 18.4 Å². The van der Waals surface area contributed by atoms with Gasteiger partial charge in [-0.3, -0.25) is 4.68 Å². The highest BCUT2D eigenvalue weighted by molar-refractivity contribution is 7.92. The van der Waals surface area contributed by atoms with Crippen LogP contribution in [-0.2, 0) is 24.1 Å². The van der Waals surface area contributed by atoms with Gasteiger partial charge in [-0.2, -0.15) is 5.10 Å². The van der Waals surface area contributed by atoms with Gasteiger partial charge in [-0.15, -0.1) is 0 Å². The molecule has 0 amide bonds. The van der Waals surface area contributed by atoms with Crippen LogP contribution in [0.2, 0.25) is 0 Å². The quantitative estimate of drug-likeness (QED) is 0.247. The first-order chi connectivity index (χ1) is 19.8. The Hall–Kier alpha value is -2.87. The number of methoxy groups -OCH3 is 1. The lowest BCUT2D eigenvalue weighted by Gasteiger charge is -2.32. The normalized spacial score (nSPS) is 18.9. The summed E-state index contributed by atoms with van der Waals surface area (Å²) >= 11 is 0. The molecular formula is C29H35BF3N3O5S. The summed E-state index contributed by atoms with van der Waals surface area (Å²) < 4.78 is 92.8. The highest BCUT2D eigenvalue weighted by Crippen LogP contribution is 2.39. The second-order valence-electron chi connectivity index (χ2n) is 11.8. The molecule has 226 valence electrons. The molecule has 1 aromatic heterocycles. The van der Waals surface area contributed by atoms with Gasteiger partial charge in [0.2, 0.25) is 0 Å². The molecule has 0 spiro atoms. The van der Waals surface area contributed by atoms with Gasteiger partial charge in [0.25, 0.3) is 10.0 Å². The second kappa shape index (κ2) is 11.3. The molecule has 8 nitrogen and oxygen atoms in total. The van der Waals surface area contributed by atoms with Crippen molar-refractivity contribution in [2.45, 2.75) is 81.9 Å². The number of nitrogens with zero attached hydrogens (tertiary/aromatic N) is 3. The minimum atomic E-state index is -4.92. The highest BCUT2D eigenvalue weighted by Gasteiger charge is 2.53. The summed E-state index contributed by atoms with van der Waals surface area (Å²) in [5.74, 6) is -3.56. The van der Waals surface area contributed by atoms with Crippen molar-refractivity contribution in [1.29, 1.82) is 0 Å². The van der Waals surface area contributed by atoms with Crippen LogP contribution in [0.15, 0.2) is 47.5 Å². The van der Waals surface area contributed by atoms with E-state index < -0.39 is 63.1 Å². The number of aromatic nitrogens is 2. The van der Waals surface area contributed by atoms with E-state index in [-0.39, 0.29) is 17.3 Å². The topological polar surface area (TPSA) is 82.9 Å². The van der Waals surface area contributed by atoms with Crippen molar-refractivity contribution in [3.63, 3.8) is 0 Å². The van der Waals surface area contributed by atoms with Crippen molar-refractivity contribution >= 4 is 28.3 Å². The van der Waals surface area contributed by atoms with Crippen LogP contribution in [-0.4, -0.2) is 50.4 Å². The maximum Gasteiger partial charge on any atom is 0.498 e. The van der Waals surface area contributed by atoms with Gasteiger partial charge in [0.05, 0.1) is 28.6 Å². The molecule has 13 heteroatoms. The fourth-order valence-corrected chi connectivity index (χ4v) is 6.90. The van der Waals surface area contributed by atoms with Crippen LogP contribution in [0.1, 0.15) is 65.8 Å². The van der Waals surface area contributed by atoms with Crippen molar-refractivity contribution < 1.29 is 35.6 Å². The fourth-order valence-electron chi connectivity index (χ4n) is 5.41. The predicted octanol–water partition coefficient (Wildman–Crippen LogP) is 5.57. The van der Waals surface area contributed by atoms with Crippen LogP contribution in [0.5, 0.6) is 0 Å². The minimum Gasteiger partial charge on any atom is -0.399 e. The van der Waals surface area contributed by atoms with Crippen LogP contribution in [0.3, 0.4) is 0 Å². The lowest BCUT2D eigenvalue weighted by atomic mass is 9.78. The largest absolute Gasteiger partial charge is 0.498 e. The zero-order valence-electron chi connectivity index (χ0n) is 24.4. The van der Waals surface area contributed by atoms with E-state index >= 15 is 4.39 Å². The first kappa shape index (κ1) is 30.6. The van der Waals surface area contributed by atoms with E-state index in [0.29, 0.717) is 9.77 Å². The van der Waals surface area contributed by atoms with E-state index in [4.69, 9.17) is 19.1 Å². The number of ether oxygens (including phenoxy) is 1. The standard InChI is InChI=1S/C29H35BF3N3O5S/c1-28(2)29(3,4)41-30(40-28)21-17-35(19-11-7-6-8-12-19)34-26(21)20-13-9-16-24(25(20)33)36(18-39-5)42(37,38)27-22(31)14-10-15-23(27)32/h9-10,13-17,19H,6-8,11-12,18H2,1-5H3. The van der Waals surface area contributed by atoms with Gasteiger partial charge in [-0.05, 0) is 64.8 Å². The molecule has 1 saturated heterocycles. The summed E-state index contributed by atoms with van der Waals surface area (Å²) in [7, 11) is -4.59. The third kappa shape index (κ3) is 5.36. The maximum absolute atomic E-state index is 16.5. The molecule has 2 aliphatic rings. The lowest BCUT2D eigenvalue weighted by Crippen LogP contribution is -2.41. The van der Waals surface area contributed by atoms with Crippen molar-refractivity contribution in [1.82, 2.24) is 9.78 Å². The molecule has 0 unspecified atom stereocenters. The van der Waals surface area contributed by atoms with E-state index in [9.17, 15) is 17.2 Å². The van der Waals surface area contributed by atoms with Crippen molar-refractivity contribution in [3.05, 3.63) is 60.0 Å².